The molecule has 2 aromatic carbocycles. The molecular formula is C19H20N2O3. The first-order valence-corrected chi connectivity index (χ1v) is 8.23. The molecule has 5 nitrogen and oxygen atoms in total. The van der Waals surface area contributed by atoms with E-state index in [9.17, 15) is 4.79 Å². The van der Waals surface area contributed by atoms with Crippen LogP contribution in [-0.2, 0) is 11.3 Å². The fraction of sp³-hybridized carbons (Fsp3) is 0.316. The van der Waals surface area contributed by atoms with E-state index in [-0.39, 0.29) is 5.91 Å². The van der Waals surface area contributed by atoms with Gasteiger partial charge in [-0.1, -0.05) is 18.2 Å². The summed E-state index contributed by atoms with van der Waals surface area (Å²) in [4.78, 5) is 16.2. The van der Waals surface area contributed by atoms with Crippen molar-refractivity contribution in [1.29, 1.82) is 0 Å². The van der Waals surface area contributed by atoms with Crippen LogP contribution in [0, 0.1) is 0 Å². The molecule has 1 amide bonds. The Morgan fingerprint density at radius 2 is 1.83 bits per heavy atom. The third-order valence-corrected chi connectivity index (χ3v) is 4.51. The third kappa shape index (κ3) is 2.66. The summed E-state index contributed by atoms with van der Waals surface area (Å²) in [6.45, 7) is 4.36. The van der Waals surface area contributed by atoms with Crippen LogP contribution in [0.15, 0.2) is 42.5 Å². The summed E-state index contributed by atoms with van der Waals surface area (Å²) in [5.74, 6) is 1.70. The molecule has 0 radical (unpaired) electrons. The van der Waals surface area contributed by atoms with Crippen LogP contribution in [0.25, 0.3) is 0 Å². The number of hydrogen-bond donors (Lipinski definition) is 0. The number of hydrogen-bond acceptors (Lipinski definition) is 4. The number of amides is 1. The molecule has 0 saturated heterocycles. The number of fused-ring (bicyclic) bond motifs is 2. The monoisotopic (exact) mass is 324 g/mol. The van der Waals surface area contributed by atoms with Crippen LogP contribution < -0.4 is 19.3 Å². The number of nitrogens with zero attached hydrogens (tertiary/aromatic N) is 2. The molecule has 124 valence electrons. The summed E-state index contributed by atoms with van der Waals surface area (Å²) in [5, 5.41) is 0. The van der Waals surface area contributed by atoms with E-state index in [2.05, 4.69) is 17.0 Å². The largest absolute Gasteiger partial charge is 0.454 e. The van der Waals surface area contributed by atoms with E-state index in [1.807, 2.05) is 35.2 Å². The zero-order valence-corrected chi connectivity index (χ0v) is 13.7. The molecule has 0 bridgehead atoms. The minimum absolute atomic E-state index is 0.0902. The molecule has 0 N–H and O–H groups in total. The molecule has 4 rings (SSSR count). The van der Waals surface area contributed by atoms with Crippen LogP contribution in [0.4, 0.5) is 11.4 Å². The van der Waals surface area contributed by atoms with Crippen molar-refractivity contribution in [2.24, 2.45) is 0 Å². The second-order valence-electron chi connectivity index (χ2n) is 6.12. The Morgan fingerprint density at radius 1 is 1.04 bits per heavy atom. The quantitative estimate of drug-likeness (QED) is 0.851. The van der Waals surface area contributed by atoms with Gasteiger partial charge in [0.05, 0.1) is 11.4 Å². The summed E-state index contributed by atoms with van der Waals surface area (Å²) in [6, 6.07) is 14.2. The Kier molecular flexibility index (Phi) is 3.76. The van der Waals surface area contributed by atoms with Crippen molar-refractivity contribution in [1.82, 2.24) is 0 Å². The molecule has 0 unspecified atom stereocenters. The topological polar surface area (TPSA) is 42.0 Å². The van der Waals surface area contributed by atoms with Crippen LogP contribution in [0.2, 0.25) is 0 Å². The van der Waals surface area contributed by atoms with Gasteiger partial charge in [0, 0.05) is 26.6 Å². The van der Waals surface area contributed by atoms with Gasteiger partial charge >= 0.3 is 0 Å². The molecule has 5 heteroatoms. The fourth-order valence-electron chi connectivity index (χ4n) is 3.37. The lowest BCUT2D eigenvalue weighted by Crippen LogP contribution is -2.28. The van der Waals surface area contributed by atoms with Crippen LogP contribution in [0.1, 0.15) is 18.9 Å². The van der Waals surface area contributed by atoms with Gasteiger partial charge in [-0.05, 0) is 36.2 Å². The first-order chi connectivity index (χ1) is 11.7. The normalized spacial score (nSPS) is 15.9. The molecule has 2 aliphatic heterocycles. The van der Waals surface area contributed by atoms with Crippen molar-refractivity contribution in [3.63, 3.8) is 0 Å². The smallest absolute Gasteiger partial charge is 0.231 e. The molecule has 0 spiro atoms. The first kappa shape index (κ1) is 14.9. The lowest BCUT2D eigenvalue weighted by atomic mass is 10.1. The van der Waals surface area contributed by atoms with Crippen LogP contribution in [-0.4, -0.2) is 25.8 Å². The van der Waals surface area contributed by atoms with E-state index in [1.54, 1.807) is 6.92 Å². The minimum atomic E-state index is 0.0902. The van der Waals surface area contributed by atoms with E-state index in [0.717, 1.165) is 48.9 Å². The van der Waals surface area contributed by atoms with Gasteiger partial charge in [-0.15, -0.1) is 0 Å². The van der Waals surface area contributed by atoms with Gasteiger partial charge < -0.3 is 19.3 Å². The Balaban J connectivity index is 1.65. The first-order valence-electron chi connectivity index (χ1n) is 8.23. The minimum Gasteiger partial charge on any atom is -0.454 e. The zero-order chi connectivity index (χ0) is 16.5. The van der Waals surface area contributed by atoms with Crippen molar-refractivity contribution in [2.75, 3.05) is 29.7 Å². The molecule has 2 aliphatic rings. The molecule has 24 heavy (non-hydrogen) atoms. The summed E-state index contributed by atoms with van der Waals surface area (Å²) >= 11 is 0. The molecule has 0 fully saturated rings. The molecule has 0 aliphatic carbocycles. The molecule has 0 saturated carbocycles. The number of ether oxygens (including phenoxy) is 2. The SMILES string of the molecule is CC(=O)N1CCCN(Cc2ccc3c(c2)OCO3)c2ccccc21. The van der Waals surface area contributed by atoms with E-state index in [1.165, 1.54) is 5.56 Å². The second-order valence-corrected chi connectivity index (χ2v) is 6.12. The zero-order valence-electron chi connectivity index (χ0n) is 13.7. The van der Waals surface area contributed by atoms with E-state index in [0.29, 0.717) is 6.79 Å². The molecule has 0 atom stereocenters. The lowest BCUT2D eigenvalue weighted by Gasteiger charge is -2.26. The standard InChI is InChI=1S/C19H20N2O3/c1-14(22)21-10-4-9-20(16-5-2-3-6-17(16)21)12-15-7-8-18-19(11-15)24-13-23-18/h2-3,5-8,11H,4,9-10,12-13H2,1H3. The average molecular weight is 324 g/mol. The van der Waals surface area contributed by atoms with Crippen molar-refractivity contribution < 1.29 is 14.3 Å². The number of rotatable bonds is 2. The van der Waals surface area contributed by atoms with Gasteiger partial charge in [0.1, 0.15) is 0 Å². The Labute approximate surface area is 141 Å². The van der Waals surface area contributed by atoms with Gasteiger partial charge in [-0.3, -0.25) is 4.79 Å². The summed E-state index contributed by atoms with van der Waals surface area (Å²) in [5.41, 5.74) is 3.26. The highest BCUT2D eigenvalue weighted by Gasteiger charge is 2.23. The van der Waals surface area contributed by atoms with Crippen molar-refractivity contribution >= 4 is 17.3 Å². The van der Waals surface area contributed by atoms with Crippen LogP contribution in [0.5, 0.6) is 11.5 Å². The maximum Gasteiger partial charge on any atom is 0.231 e. The van der Waals surface area contributed by atoms with Gasteiger partial charge in [0.25, 0.3) is 0 Å². The van der Waals surface area contributed by atoms with E-state index >= 15 is 0 Å². The average Bonchev–Trinajstić information content (AvgIpc) is 2.97. The van der Waals surface area contributed by atoms with Crippen molar-refractivity contribution in [3.8, 4) is 11.5 Å². The third-order valence-electron chi connectivity index (χ3n) is 4.51. The maximum atomic E-state index is 12.0. The number of carbonyl (C=O) groups excluding carboxylic acids is 1. The molecule has 0 aromatic heterocycles. The summed E-state index contributed by atoms with van der Waals surface area (Å²) < 4.78 is 10.9. The van der Waals surface area contributed by atoms with Gasteiger partial charge in [0.15, 0.2) is 11.5 Å². The van der Waals surface area contributed by atoms with E-state index < -0.39 is 0 Å². The molecule has 2 heterocycles. The number of para-hydroxylation sites is 2. The summed E-state index contributed by atoms with van der Waals surface area (Å²) in [7, 11) is 0. The number of benzene rings is 2. The Morgan fingerprint density at radius 3 is 2.67 bits per heavy atom. The van der Waals surface area contributed by atoms with Gasteiger partial charge in [-0.2, -0.15) is 0 Å². The highest BCUT2D eigenvalue weighted by Crippen LogP contribution is 2.36. The Bertz CT molecular complexity index is 775. The fourth-order valence-corrected chi connectivity index (χ4v) is 3.37. The molecular weight excluding hydrogens is 304 g/mol. The second kappa shape index (κ2) is 6.07. The van der Waals surface area contributed by atoms with E-state index in [4.69, 9.17) is 9.47 Å². The predicted molar refractivity (Wildman–Crippen MR) is 92.7 cm³/mol. The molecule has 2 aromatic rings. The van der Waals surface area contributed by atoms with Gasteiger partial charge in [0.2, 0.25) is 12.7 Å². The predicted octanol–water partition coefficient (Wildman–Crippen LogP) is 3.18. The summed E-state index contributed by atoms with van der Waals surface area (Å²) in [6.07, 6.45) is 0.943. The lowest BCUT2D eigenvalue weighted by molar-refractivity contribution is -0.116. The van der Waals surface area contributed by atoms with Crippen molar-refractivity contribution in [3.05, 3.63) is 48.0 Å². The number of anilines is 2. The van der Waals surface area contributed by atoms with Crippen molar-refractivity contribution in [2.45, 2.75) is 19.9 Å². The van der Waals surface area contributed by atoms with Gasteiger partial charge in [-0.25, -0.2) is 0 Å². The maximum absolute atomic E-state index is 12.0. The van der Waals surface area contributed by atoms with Crippen LogP contribution in [0.3, 0.4) is 0 Å². The number of carbonyl (C=O) groups is 1. The van der Waals surface area contributed by atoms with Crippen LogP contribution >= 0.6 is 0 Å². The highest BCUT2D eigenvalue weighted by atomic mass is 16.7. The highest BCUT2D eigenvalue weighted by molar-refractivity contribution is 5.95. The Hall–Kier alpha value is -2.69.